The number of piperidine rings is 1. The van der Waals surface area contributed by atoms with Gasteiger partial charge in [-0.1, -0.05) is 48.5 Å². The zero-order valence-corrected chi connectivity index (χ0v) is 19.4. The molecule has 5 rings (SSSR count). The third-order valence-electron chi connectivity index (χ3n) is 7.66. The number of urea groups is 1. The molecule has 2 saturated heterocycles. The van der Waals surface area contributed by atoms with E-state index in [0.29, 0.717) is 31.0 Å². The second-order valence-electron chi connectivity index (χ2n) is 9.80. The molecule has 2 aromatic rings. The molecular weight excluding hydrogens is 428 g/mol. The molecule has 2 aromatic carbocycles. The van der Waals surface area contributed by atoms with Crippen LogP contribution in [0.2, 0.25) is 0 Å². The Labute approximate surface area is 200 Å². The van der Waals surface area contributed by atoms with E-state index in [4.69, 9.17) is 0 Å². The minimum Gasteiger partial charge on any atom is -0.349 e. The predicted octanol–water partition coefficient (Wildman–Crippen LogP) is 3.49. The number of imide groups is 1. The molecule has 1 aliphatic carbocycles. The number of likely N-dealkylation sites (tertiary alicyclic amines) is 1. The number of hydrogen-bond acceptors (Lipinski definition) is 4. The number of amides is 4. The molecule has 7 heteroatoms. The topological polar surface area (TPSA) is 81.8 Å². The Morgan fingerprint density at radius 1 is 0.912 bits per heavy atom. The molecule has 4 amide bonds. The standard InChI is InChI=1S/C27H32N4O3/c32-24(22-9-5-2-6-10-22)28-23-13-17-30(18-14-23)19-31-25(33)27(29-26(31)34)15-11-21(12-16-27)20-7-3-1-4-8-20/h1-10,21,23H,11-19H2,(H,28,32)(H,29,34). The van der Waals surface area contributed by atoms with Gasteiger partial charge in [0.15, 0.2) is 0 Å². The van der Waals surface area contributed by atoms with Crippen LogP contribution in [0.1, 0.15) is 60.4 Å². The van der Waals surface area contributed by atoms with Crippen molar-refractivity contribution in [3.05, 3.63) is 71.8 Å². The molecule has 0 aromatic heterocycles. The summed E-state index contributed by atoms with van der Waals surface area (Å²) in [4.78, 5) is 42.0. The lowest BCUT2D eigenvalue weighted by molar-refractivity contribution is -0.134. The highest BCUT2D eigenvalue weighted by molar-refractivity contribution is 6.07. The zero-order chi connectivity index (χ0) is 23.5. The molecule has 0 radical (unpaired) electrons. The summed E-state index contributed by atoms with van der Waals surface area (Å²) in [6.07, 6.45) is 4.76. The molecule has 1 spiro atoms. The number of nitrogens with zero attached hydrogens (tertiary/aromatic N) is 2. The van der Waals surface area contributed by atoms with Crippen molar-refractivity contribution >= 4 is 17.8 Å². The minimum atomic E-state index is -0.746. The van der Waals surface area contributed by atoms with E-state index in [0.717, 1.165) is 38.8 Å². The van der Waals surface area contributed by atoms with Gasteiger partial charge in [0, 0.05) is 24.7 Å². The Bertz CT molecular complexity index is 1030. The lowest BCUT2D eigenvalue weighted by atomic mass is 9.74. The predicted molar refractivity (Wildman–Crippen MR) is 129 cm³/mol. The first kappa shape index (κ1) is 22.6. The molecule has 2 heterocycles. The number of carbonyl (C=O) groups is 3. The summed E-state index contributed by atoms with van der Waals surface area (Å²) in [5.74, 6) is 0.306. The van der Waals surface area contributed by atoms with E-state index < -0.39 is 5.54 Å². The number of rotatable bonds is 5. The maximum atomic E-state index is 13.3. The number of carbonyl (C=O) groups excluding carboxylic acids is 3. The maximum Gasteiger partial charge on any atom is 0.326 e. The van der Waals surface area contributed by atoms with Crippen LogP contribution in [-0.2, 0) is 4.79 Å². The Morgan fingerprint density at radius 2 is 1.53 bits per heavy atom. The first-order chi connectivity index (χ1) is 16.5. The van der Waals surface area contributed by atoms with Gasteiger partial charge >= 0.3 is 6.03 Å². The zero-order valence-electron chi connectivity index (χ0n) is 19.4. The molecule has 3 fully saturated rings. The molecule has 178 valence electrons. The van der Waals surface area contributed by atoms with Crippen LogP contribution in [-0.4, -0.2) is 59.0 Å². The van der Waals surface area contributed by atoms with Gasteiger partial charge in [0.25, 0.3) is 11.8 Å². The van der Waals surface area contributed by atoms with Crippen LogP contribution < -0.4 is 10.6 Å². The van der Waals surface area contributed by atoms with E-state index in [1.807, 2.05) is 36.4 Å². The number of nitrogens with one attached hydrogen (secondary N) is 2. The van der Waals surface area contributed by atoms with Crippen molar-refractivity contribution in [3.8, 4) is 0 Å². The van der Waals surface area contributed by atoms with Gasteiger partial charge < -0.3 is 10.6 Å². The van der Waals surface area contributed by atoms with Gasteiger partial charge in [0.1, 0.15) is 5.54 Å². The van der Waals surface area contributed by atoms with Gasteiger partial charge in [0.2, 0.25) is 0 Å². The minimum absolute atomic E-state index is 0.0544. The monoisotopic (exact) mass is 460 g/mol. The third kappa shape index (κ3) is 4.57. The van der Waals surface area contributed by atoms with E-state index in [-0.39, 0.29) is 23.9 Å². The summed E-state index contributed by atoms with van der Waals surface area (Å²) in [7, 11) is 0. The van der Waals surface area contributed by atoms with Crippen molar-refractivity contribution in [1.29, 1.82) is 0 Å². The molecular formula is C27H32N4O3. The summed E-state index contributed by atoms with van der Waals surface area (Å²) in [5, 5.41) is 6.14. The van der Waals surface area contributed by atoms with Crippen molar-refractivity contribution < 1.29 is 14.4 Å². The average Bonchev–Trinajstić information content (AvgIpc) is 3.10. The molecule has 2 N–H and O–H groups in total. The highest BCUT2D eigenvalue weighted by Gasteiger charge is 2.52. The van der Waals surface area contributed by atoms with Crippen LogP contribution >= 0.6 is 0 Å². The first-order valence-electron chi connectivity index (χ1n) is 12.3. The Balaban J connectivity index is 1.12. The molecule has 2 aliphatic heterocycles. The van der Waals surface area contributed by atoms with Crippen molar-refractivity contribution in [2.45, 2.75) is 56.0 Å². The molecule has 0 bridgehead atoms. The van der Waals surface area contributed by atoms with Crippen LogP contribution in [0.3, 0.4) is 0 Å². The lowest BCUT2D eigenvalue weighted by Crippen LogP contribution is -2.51. The highest BCUT2D eigenvalue weighted by Crippen LogP contribution is 2.40. The summed E-state index contributed by atoms with van der Waals surface area (Å²) >= 11 is 0. The number of benzene rings is 2. The molecule has 3 aliphatic rings. The van der Waals surface area contributed by atoms with Gasteiger partial charge in [-0.3, -0.25) is 14.5 Å². The quantitative estimate of drug-likeness (QED) is 0.670. The fourth-order valence-corrected chi connectivity index (χ4v) is 5.59. The van der Waals surface area contributed by atoms with Crippen LogP contribution in [0.5, 0.6) is 0 Å². The Hall–Kier alpha value is -3.19. The van der Waals surface area contributed by atoms with E-state index in [1.165, 1.54) is 10.5 Å². The number of hydrogen-bond donors (Lipinski definition) is 2. The second kappa shape index (κ2) is 9.58. The van der Waals surface area contributed by atoms with E-state index in [1.54, 1.807) is 0 Å². The van der Waals surface area contributed by atoms with Crippen molar-refractivity contribution in [3.63, 3.8) is 0 Å². The maximum absolute atomic E-state index is 13.3. The lowest BCUT2D eigenvalue weighted by Gasteiger charge is -2.36. The summed E-state index contributed by atoms with van der Waals surface area (Å²) < 4.78 is 0. The molecule has 0 atom stereocenters. The van der Waals surface area contributed by atoms with Gasteiger partial charge in [-0.15, -0.1) is 0 Å². The first-order valence-corrected chi connectivity index (χ1v) is 12.3. The smallest absolute Gasteiger partial charge is 0.326 e. The largest absolute Gasteiger partial charge is 0.349 e. The SMILES string of the molecule is O=C(NC1CCN(CN2C(=O)NC3(CCC(c4ccccc4)CC3)C2=O)CC1)c1ccccc1. The normalized spacial score (nSPS) is 26.0. The van der Waals surface area contributed by atoms with Crippen LogP contribution in [0, 0.1) is 0 Å². The van der Waals surface area contributed by atoms with Gasteiger partial charge in [-0.05, 0) is 62.1 Å². The van der Waals surface area contributed by atoms with Crippen LogP contribution in [0.25, 0.3) is 0 Å². The Morgan fingerprint density at radius 3 is 2.18 bits per heavy atom. The Kier molecular flexibility index (Phi) is 6.37. The van der Waals surface area contributed by atoms with Crippen molar-refractivity contribution in [2.24, 2.45) is 0 Å². The van der Waals surface area contributed by atoms with Gasteiger partial charge in [0.05, 0.1) is 6.67 Å². The van der Waals surface area contributed by atoms with Gasteiger partial charge in [-0.25, -0.2) is 9.69 Å². The van der Waals surface area contributed by atoms with E-state index in [2.05, 4.69) is 39.8 Å². The fraction of sp³-hybridized carbons (Fsp3) is 0.444. The summed E-state index contributed by atoms with van der Waals surface area (Å²) in [5.41, 5.74) is 1.23. The second-order valence-corrected chi connectivity index (χ2v) is 9.80. The van der Waals surface area contributed by atoms with Crippen molar-refractivity contribution in [2.75, 3.05) is 19.8 Å². The fourth-order valence-electron chi connectivity index (χ4n) is 5.59. The van der Waals surface area contributed by atoms with Crippen molar-refractivity contribution in [1.82, 2.24) is 20.4 Å². The third-order valence-corrected chi connectivity index (χ3v) is 7.66. The van der Waals surface area contributed by atoms with Crippen LogP contribution in [0.4, 0.5) is 4.79 Å². The molecule has 34 heavy (non-hydrogen) atoms. The van der Waals surface area contributed by atoms with E-state index >= 15 is 0 Å². The van der Waals surface area contributed by atoms with E-state index in [9.17, 15) is 14.4 Å². The highest BCUT2D eigenvalue weighted by atomic mass is 16.2. The molecule has 0 unspecified atom stereocenters. The van der Waals surface area contributed by atoms with Crippen LogP contribution in [0.15, 0.2) is 60.7 Å². The average molecular weight is 461 g/mol. The molecule has 7 nitrogen and oxygen atoms in total. The van der Waals surface area contributed by atoms with Gasteiger partial charge in [-0.2, -0.15) is 0 Å². The summed E-state index contributed by atoms with van der Waals surface area (Å²) in [6, 6.07) is 19.5. The summed E-state index contributed by atoms with van der Waals surface area (Å²) in [6.45, 7) is 1.79. The molecule has 1 saturated carbocycles.